The summed E-state index contributed by atoms with van der Waals surface area (Å²) in [6.07, 6.45) is 4.88. The number of nitrogens with zero attached hydrogens (tertiary/aromatic N) is 3. The molecule has 0 fully saturated rings. The molecule has 6 heteroatoms. The lowest BCUT2D eigenvalue weighted by Gasteiger charge is -2.11. The molecule has 0 aliphatic carbocycles. The number of hydrogen-bond acceptors (Lipinski definition) is 5. The van der Waals surface area contributed by atoms with Crippen LogP contribution in [0.25, 0.3) is 0 Å². The average Bonchev–Trinajstić information content (AvgIpc) is 2.74. The van der Waals surface area contributed by atoms with Crippen LogP contribution in [-0.4, -0.2) is 20.2 Å². The first kappa shape index (κ1) is 8.79. The molecule has 14 heavy (non-hydrogen) atoms. The van der Waals surface area contributed by atoms with Crippen molar-refractivity contribution in [1.29, 1.82) is 0 Å². The Hall–Kier alpha value is -1.79. The van der Waals surface area contributed by atoms with Crippen LogP contribution in [0.3, 0.4) is 0 Å². The third-order valence-corrected chi connectivity index (χ3v) is 1.89. The molecule has 0 radical (unpaired) electrons. The third kappa shape index (κ3) is 1.61. The summed E-state index contributed by atoms with van der Waals surface area (Å²) in [7, 11) is 0. The summed E-state index contributed by atoms with van der Waals surface area (Å²) in [6, 6.07) is 3.56. The molecule has 1 unspecified atom stereocenters. The van der Waals surface area contributed by atoms with Gasteiger partial charge in [-0.1, -0.05) is 6.07 Å². The summed E-state index contributed by atoms with van der Waals surface area (Å²) in [5, 5.41) is 6.52. The molecule has 2 aromatic heterocycles. The Labute approximate surface area is 80.5 Å². The second kappa shape index (κ2) is 3.95. The smallest absolute Gasteiger partial charge is 0.147 e. The van der Waals surface area contributed by atoms with Gasteiger partial charge in [-0.2, -0.15) is 5.10 Å². The molecule has 2 heterocycles. The van der Waals surface area contributed by atoms with Crippen molar-refractivity contribution in [2.24, 2.45) is 5.84 Å². The average molecular weight is 190 g/mol. The number of aromatic nitrogens is 4. The first-order chi connectivity index (χ1) is 6.92. The number of hydrazine groups is 1. The standard InChI is InChI=1S/C8H10N6/c9-13-7(8-11-5-12-14-8)6-2-1-3-10-4-6/h1-5,7,13H,9H2,(H,11,12,14). The van der Waals surface area contributed by atoms with E-state index < -0.39 is 0 Å². The first-order valence-corrected chi connectivity index (χ1v) is 4.13. The molecule has 0 saturated carbocycles. The van der Waals surface area contributed by atoms with Crippen molar-refractivity contribution in [2.45, 2.75) is 6.04 Å². The highest BCUT2D eigenvalue weighted by Gasteiger charge is 2.14. The summed E-state index contributed by atoms with van der Waals surface area (Å²) in [4.78, 5) is 8.03. The van der Waals surface area contributed by atoms with Gasteiger partial charge in [0.25, 0.3) is 0 Å². The number of pyridine rings is 1. The molecule has 0 aliphatic rings. The van der Waals surface area contributed by atoms with E-state index in [4.69, 9.17) is 5.84 Å². The van der Waals surface area contributed by atoms with E-state index in [1.54, 1.807) is 12.4 Å². The van der Waals surface area contributed by atoms with E-state index >= 15 is 0 Å². The number of H-pyrrole nitrogens is 1. The van der Waals surface area contributed by atoms with Gasteiger partial charge in [-0.25, -0.2) is 10.4 Å². The molecule has 0 aromatic carbocycles. The van der Waals surface area contributed by atoms with Crippen LogP contribution in [0.1, 0.15) is 17.4 Å². The predicted molar refractivity (Wildman–Crippen MR) is 49.8 cm³/mol. The first-order valence-electron chi connectivity index (χ1n) is 4.13. The van der Waals surface area contributed by atoms with Crippen molar-refractivity contribution in [1.82, 2.24) is 25.6 Å². The second-order valence-electron chi connectivity index (χ2n) is 2.76. The summed E-state index contributed by atoms with van der Waals surface area (Å²) >= 11 is 0. The van der Waals surface area contributed by atoms with Crippen LogP contribution in [0.5, 0.6) is 0 Å². The Morgan fingerprint density at radius 2 is 2.43 bits per heavy atom. The van der Waals surface area contributed by atoms with Gasteiger partial charge in [-0.15, -0.1) is 0 Å². The van der Waals surface area contributed by atoms with Gasteiger partial charge < -0.3 is 0 Å². The summed E-state index contributed by atoms with van der Waals surface area (Å²) in [6.45, 7) is 0. The van der Waals surface area contributed by atoms with Crippen LogP contribution < -0.4 is 11.3 Å². The lowest BCUT2D eigenvalue weighted by Crippen LogP contribution is -2.29. The van der Waals surface area contributed by atoms with Gasteiger partial charge in [-0.05, 0) is 11.6 Å². The van der Waals surface area contributed by atoms with E-state index in [9.17, 15) is 0 Å². The molecule has 72 valence electrons. The summed E-state index contributed by atoms with van der Waals surface area (Å²) < 4.78 is 0. The molecule has 2 aromatic rings. The minimum Gasteiger partial charge on any atom is -0.270 e. The number of aromatic amines is 1. The maximum atomic E-state index is 5.43. The molecule has 2 rings (SSSR count). The Morgan fingerprint density at radius 3 is 3.00 bits per heavy atom. The number of nitrogens with one attached hydrogen (secondary N) is 2. The van der Waals surface area contributed by atoms with Gasteiger partial charge in [0.1, 0.15) is 18.2 Å². The molecule has 0 amide bonds. The number of nitrogens with two attached hydrogens (primary N) is 1. The highest BCUT2D eigenvalue weighted by Crippen LogP contribution is 2.15. The molecule has 0 spiro atoms. The van der Waals surface area contributed by atoms with Gasteiger partial charge in [-0.3, -0.25) is 15.9 Å². The zero-order chi connectivity index (χ0) is 9.80. The fourth-order valence-corrected chi connectivity index (χ4v) is 1.23. The van der Waals surface area contributed by atoms with E-state index in [1.807, 2.05) is 12.1 Å². The number of rotatable bonds is 3. The van der Waals surface area contributed by atoms with Crippen LogP contribution >= 0.6 is 0 Å². The fraction of sp³-hybridized carbons (Fsp3) is 0.125. The van der Waals surface area contributed by atoms with Gasteiger partial charge in [0.05, 0.1) is 0 Å². The van der Waals surface area contributed by atoms with Crippen molar-refractivity contribution < 1.29 is 0 Å². The maximum Gasteiger partial charge on any atom is 0.147 e. The van der Waals surface area contributed by atoms with Crippen LogP contribution in [0.2, 0.25) is 0 Å². The Balaban J connectivity index is 2.31. The molecule has 0 bridgehead atoms. The molecular weight excluding hydrogens is 180 g/mol. The van der Waals surface area contributed by atoms with Crippen molar-refractivity contribution in [3.63, 3.8) is 0 Å². The van der Waals surface area contributed by atoms with Crippen molar-refractivity contribution in [3.8, 4) is 0 Å². The SMILES string of the molecule is NNC(c1cccnc1)c1ncn[nH]1. The van der Waals surface area contributed by atoms with Crippen LogP contribution in [0, 0.1) is 0 Å². The highest BCUT2D eigenvalue weighted by molar-refractivity contribution is 5.20. The van der Waals surface area contributed by atoms with E-state index in [2.05, 4.69) is 25.6 Å². The van der Waals surface area contributed by atoms with Gasteiger partial charge in [0.15, 0.2) is 0 Å². The number of hydrogen-bond donors (Lipinski definition) is 3. The van der Waals surface area contributed by atoms with Gasteiger partial charge >= 0.3 is 0 Å². The summed E-state index contributed by atoms with van der Waals surface area (Å²) in [5.41, 5.74) is 3.58. The lowest BCUT2D eigenvalue weighted by molar-refractivity contribution is 0.602. The lowest BCUT2D eigenvalue weighted by atomic mass is 10.1. The molecular formula is C8H10N6. The zero-order valence-electron chi connectivity index (χ0n) is 7.38. The van der Waals surface area contributed by atoms with E-state index in [1.165, 1.54) is 6.33 Å². The molecule has 1 atom stereocenters. The molecule has 4 N–H and O–H groups in total. The predicted octanol–water partition coefficient (Wildman–Crippen LogP) is -0.248. The van der Waals surface area contributed by atoms with Gasteiger partial charge in [0, 0.05) is 12.4 Å². The quantitative estimate of drug-likeness (QED) is 0.458. The third-order valence-electron chi connectivity index (χ3n) is 1.89. The van der Waals surface area contributed by atoms with E-state index in [0.29, 0.717) is 5.82 Å². The zero-order valence-corrected chi connectivity index (χ0v) is 7.38. The Kier molecular flexibility index (Phi) is 2.48. The molecule has 0 aliphatic heterocycles. The minimum absolute atomic E-state index is 0.203. The van der Waals surface area contributed by atoms with Crippen LogP contribution in [0.4, 0.5) is 0 Å². The van der Waals surface area contributed by atoms with Crippen molar-refractivity contribution >= 4 is 0 Å². The van der Waals surface area contributed by atoms with Crippen molar-refractivity contribution in [2.75, 3.05) is 0 Å². The molecule has 0 saturated heterocycles. The monoisotopic (exact) mass is 190 g/mol. The van der Waals surface area contributed by atoms with E-state index in [0.717, 1.165) is 5.56 Å². The Morgan fingerprint density at radius 1 is 1.50 bits per heavy atom. The maximum absolute atomic E-state index is 5.43. The van der Waals surface area contributed by atoms with Gasteiger partial charge in [0.2, 0.25) is 0 Å². The normalized spacial score (nSPS) is 12.6. The minimum atomic E-state index is -0.203. The molecule has 6 nitrogen and oxygen atoms in total. The largest absolute Gasteiger partial charge is 0.270 e. The summed E-state index contributed by atoms with van der Waals surface area (Å²) in [5.74, 6) is 6.10. The fourth-order valence-electron chi connectivity index (χ4n) is 1.23. The van der Waals surface area contributed by atoms with E-state index in [-0.39, 0.29) is 6.04 Å². The topological polar surface area (TPSA) is 92.5 Å². The van der Waals surface area contributed by atoms with Crippen LogP contribution in [0.15, 0.2) is 30.9 Å². The Bertz CT molecular complexity index is 370. The van der Waals surface area contributed by atoms with Crippen LogP contribution in [-0.2, 0) is 0 Å². The second-order valence-corrected chi connectivity index (χ2v) is 2.76. The van der Waals surface area contributed by atoms with Crippen molar-refractivity contribution in [3.05, 3.63) is 42.2 Å². The highest BCUT2D eigenvalue weighted by atomic mass is 15.3.